The Balaban J connectivity index is 2.95. The first kappa shape index (κ1) is 15.5. The number of rotatable bonds is 8. The zero-order chi connectivity index (χ0) is 14.3. The number of hydrogen-bond acceptors (Lipinski definition) is 6. The lowest BCUT2D eigenvalue weighted by Crippen LogP contribution is -2.33. The third-order valence-electron chi connectivity index (χ3n) is 2.72. The van der Waals surface area contributed by atoms with Gasteiger partial charge >= 0.3 is 0 Å². The fraction of sp³-hybridized carbons (Fsp3) is 0.692. The van der Waals surface area contributed by atoms with Crippen LogP contribution >= 0.6 is 0 Å². The van der Waals surface area contributed by atoms with Crippen LogP contribution in [0.4, 0.5) is 11.5 Å². The van der Waals surface area contributed by atoms with Gasteiger partial charge in [0.2, 0.25) is 5.88 Å². The van der Waals surface area contributed by atoms with Crippen molar-refractivity contribution in [3.63, 3.8) is 0 Å². The molecule has 0 atom stereocenters. The number of aliphatic hydroxyl groups excluding tert-OH is 1. The first-order valence-electron chi connectivity index (χ1n) is 6.72. The number of anilines is 2. The molecule has 0 aliphatic carbocycles. The van der Waals surface area contributed by atoms with Gasteiger partial charge in [-0.2, -0.15) is 4.98 Å². The van der Waals surface area contributed by atoms with E-state index in [0.717, 1.165) is 6.42 Å². The molecule has 0 amide bonds. The lowest BCUT2D eigenvalue weighted by atomic mass is 10.2. The number of hydrogen-bond donors (Lipinski definition) is 2. The van der Waals surface area contributed by atoms with E-state index < -0.39 is 0 Å². The summed E-state index contributed by atoms with van der Waals surface area (Å²) in [6.45, 7) is 7.58. The normalized spacial score (nSPS) is 10.8. The van der Waals surface area contributed by atoms with Crippen molar-refractivity contribution in [1.82, 2.24) is 9.97 Å². The molecule has 0 aliphatic rings. The van der Waals surface area contributed by atoms with Crippen LogP contribution in [0.5, 0.6) is 5.88 Å². The summed E-state index contributed by atoms with van der Waals surface area (Å²) in [6, 6.07) is 0.239. The number of nitrogens with zero attached hydrogens (tertiary/aromatic N) is 3. The van der Waals surface area contributed by atoms with Crippen LogP contribution in [0.3, 0.4) is 0 Å². The highest BCUT2D eigenvalue weighted by Gasteiger charge is 2.18. The van der Waals surface area contributed by atoms with Crippen LogP contribution in [0.1, 0.15) is 33.6 Å². The summed E-state index contributed by atoms with van der Waals surface area (Å²) in [5.74, 6) is 1.10. The van der Waals surface area contributed by atoms with Gasteiger partial charge in [0.15, 0.2) is 5.82 Å². The van der Waals surface area contributed by atoms with Crippen LogP contribution in [-0.4, -0.2) is 40.9 Å². The molecule has 0 aromatic carbocycles. The second-order valence-corrected chi connectivity index (χ2v) is 4.63. The van der Waals surface area contributed by atoms with Crippen LogP contribution in [0.15, 0.2) is 6.33 Å². The Labute approximate surface area is 114 Å². The van der Waals surface area contributed by atoms with E-state index in [0.29, 0.717) is 37.0 Å². The zero-order valence-electron chi connectivity index (χ0n) is 12.0. The number of nitrogens with two attached hydrogens (primary N) is 1. The Hall–Kier alpha value is -1.56. The molecular formula is C13H24N4O2. The van der Waals surface area contributed by atoms with Crippen LogP contribution < -0.4 is 15.4 Å². The second kappa shape index (κ2) is 7.78. The van der Waals surface area contributed by atoms with Gasteiger partial charge in [-0.3, -0.25) is 0 Å². The summed E-state index contributed by atoms with van der Waals surface area (Å²) in [7, 11) is 0. The average Bonchev–Trinajstić information content (AvgIpc) is 2.39. The van der Waals surface area contributed by atoms with Crippen molar-refractivity contribution in [3.05, 3.63) is 6.33 Å². The molecule has 6 nitrogen and oxygen atoms in total. The molecule has 1 rings (SSSR count). The molecule has 3 N–H and O–H groups in total. The van der Waals surface area contributed by atoms with Gasteiger partial charge in [0.1, 0.15) is 12.0 Å². The summed E-state index contributed by atoms with van der Waals surface area (Å²) in [4.78, 5) is 10.4. The smallest absolute Gasteiger partial charge is 0.242 e. The molecule has 1 aromatic heterocycles. The lowest BCUT2D eigenvalue weighted by molar-refractivity contribution is 0.288. The van der Waals surface area contributed by atoms with E-state index >= 15 is 0 Å². The molecule has 1 aromatic rings. The monoisotopic (exact) mass is 268 g/mol. The molecule has 0 saturated carbocycles. The van der Waals surface area contributed by atoms with Gasteiger partial charge < -0.3 is 20.5 Å². The first-order valence-corrected chi connectivity index (χ1v) is 6.72. The van der Waals surface area contributed by atoms with Gasteiger partial charge in [0.25, 0.3) is 0 Å². The molecule has 108 valence electrons. The fourth-order valence-electron chi connectivity index (χ4n) is 1.76. The Morgan fingerprint density at radius 1 is 1.42 bits per heavy atom. The molecule has 0 fully saturated rings. The predicted molar refractivity (Wildman–Crippen MR) is 76.4 cm³/mol. The molecule has 1 heterocycles. The van der Waals surface area contributed by atoms with Crippen molar-refractivity contribution >= 4 is 11.5 Å². The van der Waals surface area contributed by atoms with Crippen molar-refractivity contribution in [2.24, 2.45) is 0 Å². The third kappa shape index (κ3) is 4.24. The minimum Gasteiger partial charge on any atom is -0.476 e. The summed E-state index contributed by atoms with van der Waals surface area (Å²) in [6.07, 6.45) is 3.04. The van der Waals surface area contributed by atoms with Gasteiger partial charge in [0.05, 0.1) is 6.61 Å². The van der Waals surface area contributed by atoms with E-state index in [4.69, 9.17) is 15.6 Å². The first-order chi connectivity index (χ1) is 9.11. The molecule has 0 aliphatic heterocycles. The van der Waals surface area contributed by atoms with Gasteiger partial charge in [0, 0.05) is 19.2 Å². The summed E-state index contributed by atoms with van der Waals surface area (Å²) < 4.78 is 5.51. The van der Waals surface area contributed by atoms with Crippen LogP contribution in [0.25, 0.3) is 0 Å². The number of aromatic nitrogens is 2. The van der Waals surface area contributed by atoms with E-state index in [9.17, 15) is 0 Å². The summed E-state index contributed by atoms with van der Waals surface area (Å²) in [5.41, 5.74) is 6.54. The Bertz CT molecular complexity index is 385. The molecule has 0 saturated heterocycles. The average molecular weight is 268 g/mol. The number of ether oxygens (including phenoxy) is 1. The highest BCUT2D eigenvalue weighted by molar-refractivity contribution is 5.68. The van der Waals surface area contributed by atoms with Gasteiger partial charge in [-0.1, -0.05) is 6.92 Å². The van der Waals surface area contributed by atoms with Crippen molar-refractivity contribution in [3.8, 4) is 5.88 Å². The summed E-state index contributed by atoms with van der Waals surface area (Å²) >= 11 is 0. The van der Waals surface area contributed by atoms with E-state index in [1.165, 1.54) is 6.33 Å². The molecule has 6 heteroatoms. The fourth-order valence-corrected chi connectivity index (χ4v) is 1.76. The van der Waals surface area contributed by atoms with Gasteiger partial charge in [-0.15, -0.1) is 0 Å². The third-order valence-corrected chi connectivity index (χ3v) is 2.72. The highest BCUT2D eigenvalue weighted by atomic mass is 16.5. The maximum absolute atomic E-state index is 8.97. The number of nitrogen functional groups attached to an aromatic ring is 1. The topological polar surface area (TPSA) is 84.5 Å². The molecule has 0 unspecified atom stereocenters. The standard InChI is InChI=1S/C13H24N4O2/c1-4-8-19-13-11(14)12(15-9-16-13)17(10(2)3)6-5-7-18/h9-10,18H,4-8,14H2,1-3H3. The van der Waals surface area contributed by atoms with E-state index in [1.807, 2.05) is 11.8 Å². The molecule has 0 radical (unpaired) electrons. The molecule has 19 heavy (non-hydrogen) atoms. The van der Waals surface area contributed by atoms with E-state index in [1.54, 1.807) is 0 Å². The quantitative estimate of drug-likeness (QED) is 0.742. The van der Waals surface area contributed by atoms with E-state index in [-0.39, 0.29) is 12.6 Å². The van der Waals surface area contributed by atoms with Crippen molar-refractivity contribution in [1.29, 1.82) is 0 Å². The Morgan fingerprint density at radius 2 is 2.16 bits per heavy atom. The largest absolute Gasteiger partial charge is 0.476 e. The van der Waals surface area contributed by atoms with Crippen molar-refractivity contribution in [2.45, 2.75) is 39.7 Å². The van der Waals surface area contributed by atoms with Crippen molar-refractivity contribution < 1.29 is 9.84 Å². The van der Waals surface area contributed by atoms with Gasteiger partial charge in [-0.25, -0.2) is 4.98 Å². The SMILES string of the molecule is CCCOc1ncnc(N(CCCO)C(C)C)c1N. The van der Waals surface area contributed by atoms with Crippen molar-refractivity contribution in [2.75, 3.05) is 30.4 Å². The van der Waals surface area contributed by atoms with Crippen LogP contribution in [-0.2, 0) is 0 Å². The number of aliphatic hydroxyl groups is 1. The summed E-state index contributed by atoms with van der Waals surface area (Å²) in [5, 5.41) is 8.97. The lowest BCUT2D eigenvalue weighted by Gasteiger charge is -2.28. The maximum Gasteiger partial charge on any atom is 0.242 e. The molecule has 0 bridgehead atoms. The van der Waals surface area contributed by atoms with Crippen LogP contribution in [0, 0.1) is 0 Å². The predicted octanol–water partition coefficient (Wildman–Crippen LogP) is 1.44. The second-order valence-electron chi connectivity index (χ2n) is 4.63. The highest BCUT2D eigenvalue weighted by Crippen LogP contribution is 2.29. The Morgan fingerprint density at radius 3 is 2.74 bits per heavy atom. The minimum absolute atomic E-state index is 0.146. The van der Waals surface area contributed by atoms with Gasteiger partial charge in [-0.05, 0) is 26.7 Å². The van der Waals surface area contributed by atoms with Crippen LogP contribution in [0.2, 0.25) is 0 Å². The zero-order valence-corrected chi connectivity index (χ0v) is 12.0. The molecular weight excluding hydrogens is 244 g/mol. The van der Waals surface area contributed by atoms with E-state index in [2.05, 4.69) is 23.8 Å². The minimum atomic E-state index is 0.146. The Kier molecular flexibility index (Phi) is 6.35. The maximum atomic E-state index is 8.97. The molecule has 0 spiro atoms.